The summed E-state index contributed by atoms with van der Waals surface area (Å²) in [5.74, 6) is 0. The van der Waals surface area contributed by atoms with Crippen LogP contribution in [0.25, 0.3) is 9.88 Å². The van der Waals surface area contributed by atoms with Crippen molar-refractivity contribution in [1.29, 1.82) is 0 Å². The Hall–Kier alpha value is -0.780. The molecule has 5 heteroatoms. The Morgan fingerprint density at radius 2 is 2.06 bits per heavy atom. The third-order valence-electron chi connectivity index (χ3n) is 2.21. The van der Waals surface area contributed by atoms with Crippen molar-refractivity contribution in [2.75, 3.05) is 6.54 Å². The van der Waals surface area contributed by atoms with Crippen LogP contribution < -0.4 is 5.32 Å². The maximum atomic E-state index is 4.23. The average Bonchev–Trinajstić information content (AvgIpc) is 2.94. The lowest BCUT2D eigenvalue weighted by molar-refractivity contribution is 0.715. The number of hydrogen-bond donors (Lipinski definition) is 1. The van der Waals surface area contributed by atoms with E-state index in [9.17, 15) is 0 Å². The standard InChI is InChI=1S/C11H15N3S2/c1-3-8-5-6-9(15-8)11-14-13-10(16-11)7-12-4-2/h5-6,12H,3-4,7H2,1-2H3. The van der Waals surface area contributed by atoms with Crippen molar-refractivity contribution in [3.8, 4) is 9.88 Å². The molecule has 2 aromatic heterocycles. The lowest BCUT2D eigenvalue weighted by atomic mass is 10.4. The summed E-state index contributed by atoms with van der Waals surface area (Å²) in [7, 11) is 0. The van der Waals surface area contributed by atoms with Crippen molar-refractivity contribution in [2.45, 2.75) is 26.8 Å². The molecule has 0 saturated heterocycles. The van der Waals surface area contributed by atoms with Crippen LogP contribution in [-0.4, -0.2) is 16.7 Å². The molecule has 0 amide bonds. The second kappa shape index (κ2) is 5.52. The molecule has 2 rings (SSSR count). The quantitative estimate of drug-likeness (QED) is 0.890. The molecule has 0 aliphatic rings. The second-order valence-corrected chi connectivity index (χ2v) is 5.63. The molecular weight excluding hydrogens is 238 g/mol. The highest BCUT2D eigenvalue weighted by Gasteiger charge is 2.08. The van der Waals surface area contributed by atoms with E-state index in [1.807, 2.05) is 11.3 Å². The summed E-state index contributed by atoms with van der Waals surface area (Å²) in [6, 6.07) is 4.31. The summed E-state index contributed by atoms with van der Waals surface area (Å²) in [6.07, 6.45) is 1.09. The number of hydrogen-bond acceptors (Lipinski definition) is 5. The average molecular weight is 253 g/mol. The molecule has 1 N–H and O–H groups in total. The molecule has 0 aromatic carbocycles. The van der Waals surface area contributed by atoms with Gasteiger partial charge in [-0.15, -0.1) is 21.5 Å². The molecule has 86 valence electrons. The fraction of sp³-hybridized carbons (Fsp3) is 0.455. The van der Waals surface area contributed by atoms with Crippen LogP contribution in [0.3, 0.4) is 0 Å². The van der Waals surface area contributed by atoms with Crippen LogP contribution in [0.5, 0.6) is 0 Å². The van der Waals surface area contributed by atoms with Crippen LogP contribution >= 0.6 is 22.7 Å². The van der Waals surface area contributed by atoms with Gasteiger partial charge in [0.05, 0.1) is 4.88 Å². The first kappa shape index (κ1) is 11.7. The van der Waals surface area contributed by atoms with Gasteiger partial charge in [0.15, 0.2) is 5.01 Å². The van der Waals surface area contributed by atoms with Gasteiger partial charge in [0, 0.05) is 11.4 Å². The van der Waals surface area contributed by atoms with E-state index >= 15 is 0 Å². The minimum atomic E-state index is 0.820. The molecule has 2 aromatic rings. The van der Waals surface area contributed by atoms with Crippen molar-refractivity contribution in [3.63, 3.8) is 0 Å². The third kappa shape index (κ3) is 2.66. The summed E-state index contributed by atoms with van der Waals surface area (Å²) < 4.78 is 0. The zero-order chi connectivity index (χ0) is 11.4. The maximum absolute atomic E-state index is 4.23. The molecule has 0 aliphatic carbocycles. The van der Waals surface area contributed by atoms with Gasteiger partial charge in [-0.25, -0.2) is 0 Å². The van der Waals surface area contributed by atoms with E-state index in [1.165, 1.54) is 9.75 Å². The van der Waals surface area contributed by atoms with Gasteiger partial charge in [0.25, 0.3) is 0 Å². The monoisotopic (exact) mass is 253 g/mol. The predicted molar refractivity (Wildman–Crippen MR) is 70.0 cm³/mol. The zero-order valence-electron chi connectivity index (χ0n) is 9.49. The number of nitrogens with one attached hydrogen (secondary N) is 1. The molecule has 0 unspecified atom stereocenters. The van der Waals surface area contributed by atoms with Gasteiger partial charge < -0.3 is 5.32 Å². The molecule has 0 spiro atoms. The van der Waals surface area contributed by atoms with Crippen molar-refractivity contribution >= 4 is 22.7 Å². The molecule has 16 heavy (non-hydrogen) atoms. The highest BCUT2D eigenvalue weighted by Crippen LogP contribution is 2.30. The highest BCUT2D eigenvalue weighted by molar-refractivity contribution is 7.21. The van der Waals surface area contributed by atoms with Crippen molar-refractivity contribution in [2.24, 2.45) is 0 Å². The number of aromatic nitrogens is 2. The number of thiophene rings is 1. The van der Waals surface area contributed by atoms with Gasteiger partial charge in [0.1, 0.15) is 5.01 Å². The van der Waals surface area contributed by atoms with E-state index in [1.54, 1.807) is 11.3 Å². The summed E-state index contributed by atoms with van der Waals surface area (Å²) in [4.78, 5) is 2.63. The third-order valence-corrected chi connectivity index (χ3v) is 4.54. The van der Waals surface area contributed by atoms with Crippen molar-refractivity contribution in [1.82, 2.24) is 15.5 Å². The Labute approximate surface area is 104 Å². The van der Waals surface area contributed by atoms with Crippen LogP contribution in [-0.2, 0) is 13.0 Å². The smallest absolute Gasteiger partial charge is 0.157 e. The topological polar surface area (TPSA) is 37.8 Å². The maximum Gasteiger partial charge on any atom is 0.157 e. The van der Waals surface area contributed by atoms with E-state index in [4.69, 9.17) is 0 Å². The van der Waals surface area contributed by atoms with E-state index < -0.39 is 0 Å². The minimum Gasteiger partial charge on any atom is -0.311 e. The molecule has 0 atom stereocenters. The Morgan fingerprint density at radius 3 is 2.75 bits per heavy atom. The minimum absolute atomic E-state index is 0.820. The van der Waals surface area contributed by atoms with Crippen LogP contribution in [0.2, 0.25) is 0 Å². The summed E-state index contributed by atoms with van der Waals surface area (Å²) >= 11 is 3.49. The van der Waals surface area contributed by atoms with Gasteiger partial charge in [-0.1, -0.05) is 25.2 Å². The van der Waals surface area contributed by atoms with E-state index in [0.29, 0.717) is 0 Å². The van der Waals surface area contributed by atoms with Crippen LogP contribution in [0.1, 0.15) is 23.7 Å². The summed E-state index contributed by atoms with van der Waals surface area (Å²) in [5, 5.41) is 13.8. The summed E-state index contributed by atoms with van der Waals surface area (Å²) in [5.41, 5.74) is 0. The van der Waals surface area contributed by atoms with E-state index in [-0.39, 0.29) is 0 Å². The molecule has 0 saturated carbocycles. The van der Waals surface area contributed by atoms with Crippen LogP contribution in [0, 0.1) is 0 Å². The van der Waals surface area contributed by atoms with Crippen LogP contribution in [0.4, 0.5) is 0 Å². The fourth-order valence-electron chi connectivity index (χ4n) is 1.34. The van der Waals surface area contributed by atoms with Gasteiger partial charge in [0.2, 0.25) is 0 Å². The number of nitrogens with zero attached hydrogens (tertiary/aromatic N) is 2. The lowest BCUT2D eigenvalue weighted by Gasteiger charge is -1.93. The zero-order valence-corrected chi connectivity index (χ0v) is 11.1. The Morgan fingerprint density at radius 1 is 1.19 bits per heavy atom. The summed E-state index contributed by atoms with van der Waals surface area (Å²) in [6.45, 7) is 6.05. The van der Waals surface area contributed by atoms with E-state index in [2.05, 4.69) is 41.5 Å². The highest BCUT2D eigenvalue weighted by atomic mass is 32.1. The first-order chi connectivity index (χ1) is 7.83. The molecule has 0 bridgehead atoms. The van der Waals surface area contributed by atoms with Gasteiger partial charge in [-0.3, -0.25) is 0 Å². The van der Waals surface area contributed by atoms with Gasteiger partial charge in [-0.05, 0) is 25.1 Å². The largest absolute Gasteiger partial charge is 0.311 e. The number of rotatable bonds is 5. The molecule has 3 nitrogen and oxygen atoms in total. The first-order valence-corrected chi connectivity index (χ1v) is 7.09. The Balaban J connectivity index is 2.11. The van der Waals surface area contributed by atoms with E-state index in [0.717, 1.165) is 29.5 Å². The van der Waals surface area contributed by atoms with Crippen LogP contribution in [0.15, 0.2) is 12.1 Å². The molecule has 2 heterocycles. The van der Waals surface area contributed by atoms with Crippen molar-refractivity contribution in [3.05, 3.63) is 22.0 Å². The van der Waals surface area contributed by atoms with Crippen molar-refractivity contribution < 1.29 is 0 Å². The first-order valence-electron chi connectivity index (χ1n) is 5.45. The predicted octanol–water partition coefficient (Wildman–Crippen LogP) is 2.94. The Bertz CT molecular complexity index is 448. The van der Waals surface area contributed by atoms with Gasteiger partial charge >= 0.3 is 0 Å². The number of aryl methyl sites for hydroxylation is 1. The molecular formula is C11H15N3S2. The molecule has 0 aliphatic heterocycles. The second-order valence-electron chi connectivity index (χ2n) is 3.40. The SMILES string of the molecule is CCNCc1nnc(-c2ccc(CC)s2)s1. The van der Waals surface area contributed by atoms with Gasteiger partial charge in [-0.2, -0.15) is 0 Å². The lowest BCUT2D eigenvalue weighted by Crippen LogP contribution is -2.11. The molecule has 0 radical (unpaired) electrons. The Kier molecular flexibility index (Phi) is 4.04. The normalized spacial score (nSPS) is 10.9. The fourth-order valence-corrected chi connectivity index (χ4v) is 3.15. The molecule has 0 fully saturated rings.